The van der Waals surface area contributed by atoms with Crippen molar-refractivity contribution < 1.29 is 9.50 Å². The largest absolute Gasteiger partial charge is 0.507 e. The third-order valence-corrected chi connectivity index (χ3v) is 4.39. The number of phenols is 1. The number of aromatic hydroxyl groups is 1. The lowest BCUT2D eigenvalue weighted by Crippen LogP contribution is -2.32. The zero-order valence-electron chi connectivity index (χ0n) is 13.0. The van der Waals surface area contributed by atoms with Gasteiger partial charge >= 0.3 is 11.2 Å². The van der Waals surface area contributed by atoms with E-state index in [1.165, 1.54) is 30.5 Å². The van der Waals surface area contributed by atoms with Gasteiger partial charge in [0.25, 0.3) is 0 Å². The highest BCUT2D eigenvalue weighted by atomic mass is 79.9. The normalized spacial score (nSPS) is 11.8. The van der Waals surface area contributed by atoms with Gasteiger partial charge in [-0.2, -0.15) is 5.10 Å². The van der Waals surface area contributed by atoms with Crippen LogP contribution in [0, 0.1) is 5.82 Å². The van der Waals surface area contributed by atoms with Crippen molar-refractivity contribution in [3.05, 3.63) is 73.1 Å². The molecule has 26 heavy (non-hydrogen) atoms. The first kappa shape index (κ1) is 16.3. The fraction of sp³-hybridized carbons (Fsp3) is 0. The number of H-pyrrole nitrogens is 2. The van der Waals surface area contributed by atoms with Crippen LogP contribution in [0.25, 0.3) is 21.9 Å². The molecule has 130 valence electrons. The third-order valence-electron chi connectivity index (χ3n) is 3.89. The molecule has 2 heterocycles. The molecule has 0 aliphatic heterocycles. The van der Waals surface area contributed by atoms with Crippen molar-refractivity contribution in [1.82, 2.24) is 14.6 Å². The monoisotopic (exact) mass is 416 g/mol. The summed E-state index contributed by atoms with van der Waals surface area (Å²) in [5.41, 5.74) is -0.318. The van der Waals surface area contributed by atoms with Crippen molar-refractivity contribution in [2.24, 2.45) is 5.10 Å². The number of halogens is 2. The predicted octanol–water partition coefficient (Wildman–Crippen LogP) is 2.66. The molecule has 0 bridgehead atoms. The highest BCUT2D eigenvalue weighted by Gasteiger charge is 2.13. The second-order valence-electron chi connectivity index (χ2n) is 5.56. The topological polar surface area (TPSA) is 103 Å². The molecular weight excluding hydrogens is 407 g/mol. The molecule has 2 aromatic carbocycles. The summed E-state index contributed by atoms with van der Waals surface area (Å²) in [7, 11) is 0. The van der Waals surface area contributed by atoms with Gasteiger partial charge in [0.15, 0.2) is 0 Å². The molecule has 0 amide bonds. The standard InChI is InChI=1S/C17H10BrFN4O3/c18-9-1-4-13(24)8(5-9)7-20-23-16(25)15-14(22-17(23)26)11-6-10(19)2-3-12(11)21-15/h1-7,21,24H,(H,22,26)/b20-7-. The van der Waals surface area contributed by atoms with Gasteiger partial charge in [-0.15, -0.1) is 4.68 Å². The Morgan fingerprint density at radius 2 is 1.92 bits per heavy atom. The Morgan fingerprint density at radius 3 is 2.73 bits per heavy atom. The quantitative estimate of drug-likeness (QED) is 0.437. The highest BCUT2D eigenvalue weighted by Crippen LogP contribution is 2.22. The Morgan fingerprint density at radius 1 is 1.12 bits per heavy atom. The van der Waals surface area contributed by atoms with E-state index < -0.39 is 17.1 Å². The fourth-order valence-corrected chi connectivity index (χ4v) is 3.04. The molecular formula is C17H10BrFN4O3. The van der Waals surface area contributed by atoms with Gasteiger partial charge in [0.2, 0.25) is 0 Å². The minimum atomic E-state index is -0.779. The molecule has 0 saturated carbocycles. The summed E-state index contributed by atoms with van der Waals surface area (Å²) in [5.74, 6) is -0.532. The lowest BCUT2D eigenvalue weighted by molar-refractivity contribution is 0.474. The van der Waals surface area contributed by atoms with Gasteiger partial charge in [-0.3, -0.25) is 4.79 Å². The van der Waals surface area contributed by atoms with Crippen LogP contribution in [0.1, 0.15) is 5.56 Å². The minimum Gasteiger partial charge on any atom is -0.507 e. The number of aromatic nitrogens is 3. The van der Waals surface area contributed by atoms with Crippen molar-refractivity contribution in [2.45, 2.75) is 0 Å². The molecule has 4 rings (SSSR count). The van der Waals surface area contributed by atoms with Gasteiger partial charge in [0.1, 0.15) is 17.1 Å². The molecule has 7 nitrogen and oxygen atoms in total. The van der Waals surface area contributed by atoms with Gasteiger partial charge < -0.3 is 15.1 Å². The molecule has 2 aromatic heterocycles. The van der Waals surface area contributed by atoms with Gasteiger partial charge in [-0.25, -0.2) is 9.18 Å². The highest BCUT2D eigenvalue weighted by molar-refractivity contribution is 9.10. The molecule has 0 radical (unpaired) electrons. The number of rotatable bonds is 2. The molecule has 0 saturated heterocycles. The molecule has 0 fully saturated rings. The maximum absolute atomic E-state index is 13.5. The van der Waals surface area contributed by atoms with Crippen molar-refractivity contribution in [2.75, 3.05) is 0 Å². The molecule has 3 N–H and O–H groups in total. The SMILES string of the molecule is O=c1[nH]c2c([nH]c3ccc(F)cc32)c(=O)n1/N=C\c1cc(Br)ccc1O. The van der Waals surface area contributed by atoms with Crippen LogP contribution >= 0.6 is 15.9 Å². The Bertz CT molecular complexity index is 1320. The first-order valence-electron chi connectivity index (χ1n) is 7.43. The lowest BCUT2D eigenvalue weighted by atomic mass is 10.2. The van der Waals surface area contributed by atoms with Crippen LogP contribution < -0.4 is 11.2 Å². The van der Waals surface area contributed by atoms with Crippen LogP contribution in [0.2, 0.25) is 0 Å². The second kappa shape index (κ2) is 5.95. The predicted molar refractivity (Wildman–Crippen MR) is 99.4 cm³/mol. The molecule has 0 spiro atoms. The minimum absolute atomic E-state index is 0.0522. The molecule has 4 aromatic rings. The number of hydrogen-bond donors (Lipinski definition) is 3. The maximum atomic E-state index is 13.5. The Balaban J connectivity index is 1.92. The molecule has 9 heteroatoms. The van der Waals surface area contributed by atoms with E-state index in [0.717, 1.165) is 0 Å². The van der Waals surface area contributed by atoms with Crippen LogP contribution in [0.15, 0.2) is 55.6 Å². The lowest BCUT2D eigenvalue weighted by Gasteiger charge is -2.00. The number of aromatic amines is 2. The van der Waals surface area contributed by atoms with E-state index in [2.05, 4.69) is 31.0 Å². The Kier molecular flexibility index (Phi) is 3.73. The summed E-state index contributed by atoms with van der Waals surface area (Å²) < 4.78 is 14.8. The zero-order valence-corrected chi connectivity index (χ0v) is 14.5. The van der Waals surface area contributed by atoms with Crippen molar-refractivity contribution in [3.63, 3.8) is 0 Å². The van der Waals surface area contributed by atoms with E-state index in [1.54, 1.807) is 12.1 Å². The smallest absolute Gasteiger partial charge is 0.350 e. The number of benzene rings is 2. The van der Waals surface area contributed by atoms with Crippen LogP contribution in [0.4, 0.5) is 4.39 Å². The number of nitrogens with zero attached hydrogens (tertiary/aromatic N) is 2. The number of nitrogens with one attached hydrogen (secondary N) is 2. The summed E-state index contributed by atoms with van der Waals surface area (Å²) >= 11 is 3.26. The van der Waals surface area contributed by atoms with Crippen molar-refractivity contribution >= 4 is 44.1 Å². The van der Waals surface area contributed by atoms with Gasteiger partial charge in [0, 0.05) is 20.9 Å². The van der Waals surface area contributed by atoms with Crippen LogP contribution in [-0.4, -0.2) is 26.0 Å². The molecule has 0 aliphatic rings. The average Bonchev–Trinajstić information content (AvgIpc) is 2.96. The summed E-state index contributed by atoms with van der Waals surface area (Å²) in [6.45, 7) is 0. The second-order valence-corrected chi connectivity index (χ2v) is 6.48. The summed E-state index contributed by atoms with van der Waals surface area (Å²) in [6.07, 6.45) is 1.20. The first-order valence-corrected chi connectivity index (χ1v) is 8.22. The summed E-state index contributed by atoms with van der Waals surface area (Å²) in [5, 5.41) is 14.1. The van der Waals surface area contributed by atoms with E-state index in [-0.39, 0.29) is 16.8 Å². The average molecular weight is 417 g/mol. The van der Waals surface area contributed by atoms with Crippen molar-refractivity contribution in [3.8, 4) is 5.75 Å². The van der Waals surface area contributed by atoms with E-state index in [0.29, 0.717) is 25.6 Å². The van der Waals surface area contributed by atoms with Crippen LogP contribution in [-0.2, 0) is 0 Å². The fourth-order valence-electron chi connectivity index (χ4n) is 2.67. The Labute approximate surface area is 152 Å². The van der Waals surface area contributed by atoms with Crippen molar-refractivity contribution in [1.29, 1.82) is 0 Å². The summed E-state index contributed by atoms with van der Waals surface area (Å²) in [6, 6.07) is 8.65. The molecule has 0 aliphatic carbocycles. The van der Waals surface area contributed by atoms with E-state index >= 15 is 0 Å². The number of hydrogen-bond acceptors (Lipinski definition) is 4. The van der Waals surface area contributed by atoms with Gasteiger partial charge in [0.05, 0.1) is 11.7 Å². The Hall–Kier alpha value is -3.20. The summed E-state index contributed by atoms with van der Waals surface area (Å²) in [4.78, 5) is 30.3. The molecule has 0 unspecified atom stereocenters. The van der Waals surface area contributed by atoms with Crippen LogP contribution in [0.5, 0.6) is 5.75 Å². The van der Waals surface area contributed by atoms with E-state index in [4.69, 9.17) is 0 Å². The maximum Gasteiger partial charge on any atom is 0.350 e. The molecule has 0 atom stereocenters. The van der Waals surface area contributed by atoms with Gasteiger partial charge in [-0.05, 0) is 36.4 Å². The number of phenolic OH excluding ortho intramolecular Hbond substituents is 1. The third kappa shape index (κ3) is 2.62. The van der Waals surface area contributed by atoms with E-state index in [9.17, 15) is 19.1 Å². The first-order chi connectivity index (χ1) is 12.4. The number of fused-ring (bicyclic) bond motifs is 3. The zero-order chi connectivity index (χ0) is 18.4. The van der Waals surface area contributed by atoms with E-state index in [1.807, 2.05) is 0 Å². The van der Waals surface area contributed by atoms with Gasteiger partial charge in [-0.1, -0.05) is 15.9 Å². The van der Waals surface area contributed by atoms with Crippen LogP contribution in [0.3, 0.4) is 0 Å².